The lowest BCUT2D eigenvalue weighted by Crippen LogP contribution is -2.17. The second-order valence-electron chi connectivity index (χ2n) is 3.83. The van der Waals surface area contributed by atoms with Gasteiger partial charge in [0.25, 0.3) is 0 Å². The summed E-state index contributed by atoms with van der Waals surface area (Å²) in [5.41, 5.74) is 6.15. The smallest absolute Gasteiger partial charge is 0.342 e. The zero-order valence-corrected chi connectivity index (χ0v) is 11.7. The first kappa shape index (κ1) is 15.3. The Bertz CT molecular complexity index is 553. The van der Waals surface area contributed by atoms with Crippen LogP contribution in [-0.4, -0.2) is 39.6 Å². The minimum absolute atomic E-state index is 0.0200. The van der Waals surface area contributed by atoms with Gasteiger partial charge in [-0.1, -0.05) is 6.92 Å². The van der Waals surface area contributed by atoms with Gasteiger partial charge in [0.15, 0.2) is 9.84 Å². The van der Waals surface area contributed by atoms with E-state index < -0.39 is 15.8 Å². The van der Waals surface area contributed by atoms with Gasteiger partial charge in [0.1, 0.15) is 17.9 Å². The fraction of sp³-hybridized carbons (Fsp3) is 0.417. The number of rotatable bonds is 6. The van der Waals surface area contributed by atoms with E-state index in [0.29, 0.717) is 11.4 Å². The summed E-state index contributed by atoms with van der Waals surface area (Å²) in [5, 5.41) is 0. The third kappa shape index (κ3) is 4.44. The van der Waals surface area contributed by atoms with Crippen molar-refractivity contribution in [3.63, 3.8) is 0 Å². The van der Waals surface area contributed by atoms with Crippen LogP contribution in [-0.2, 0) is 14.6 Å². The normalized spacial score (nSPS) is 11.1. The van der Waals surface area contributed by atoms with E-state index in [-0.39, 0.29) is 23.7 Å². The van der Waals surface area contributed by atoms with Gasteiger partial charge in [0.2, 0.25) is 0 Å². The van der Waals surface area contributed by atoms with Crippen molar-refractivity contribution in [3.05, 3.63) is 23.8 Å². The number of hydrogen-bond donors (Lipinski definition) is 1. The van der Waals surface area contributed by atoms with Crippen molar-refractivity contribution >= 4 is 21.5 Å². The second-order valence-corrected chi connectivity index (χ2v) is 6.30. The quantitative estimate of drug-likeness (QED) is 0.616. The van der Waals surface area contributed by atoms with Gasteiger partial charge in [-0.05, 0) is 18.2 Å². The van der Waals surface area contributed by atoms with Gasteiger partial charge in [0, 0.05) is 11.4 Å². The van der Waals surface area contributed by atoms with Crippen LogP contribution in [0.4, 0.5) is 5.69 Å². The molecule has 0 aliphatic carbocycles. The molecule has 0 saturated heterocycles. The van der Waals surface area contributed by atoms with Crippen molar-refractivity contribution in [2.75, 3.05) is 31.0 Å². The molecule has 7 heteroatoms. The van der Waals surface area contributed by atoms with Crippen molar-refractivity contribution in [2.45, 2.75) is 6.92 Å². The van der Waals surface area contributed by atoms with Crippen LogP contribution in [0.3, 0.4) is 0 Å². The summed E-state index contributed by atoms with van der Waals surface area (Å²) in [4.78, 5) is 11.8. The summed E-state index contributed by atoms with van der Waals surface area (Å²) in [7, 11) is -1.73. The number of esters is 1. The molecule has 1 rings (SSSR count). The Hall–Kier alpha value is -1.76. The summed E-state index contributed by atoms with van der Waals surface area (Å²) in [6.45, 7) is 1.35. The molecule has 0 aliphatic heterocycles. The van der Waals surface area contributed by atoms with Gasteiger partial charge >= 0.3 is 5.97 Å². The molecule has 0 atom stereocenters. The summed E-state index contributed by atoms with van der Waals surface area (Å²) in [5.74, 6) is -0.500. The van der Waals surface area contributed by atoms with Crippen LogP contribution in [0, 0.1) is 0 Å². The number of ether oxygens (including phenoxy) is 2. The summed E-state index contributed by atoms with van der Waals surface area (Å²) < 4.78 is 32.4. The van der Waals surface area contributed by atoms with Crippen LogP contribution in [0.1, 0.15) is 17.3 Å². The van der Waals surface area contributed by atoms with E-state index in [4.69, 9.17) is 15.2 Å². The molecule has 0 aromatic heterocycles. The maximum absolute atomic E-state index is 11.8. The highest BCUT2D eigenvalue weighted by atomic mass is 32.2. The molecule has 0 heterocycles. The fourth-order valence-electron chi connectivity index (χ4n) is 1.37. The first-order chi connectivity index (χ1) is 8.89. The van der Waals surface area contributed by atoms with E-state index in [0.717, 1.165) is 0 Å². The van der Waals surface area contributed by atoms with Crippen LogP contribution >= 0.6 is 0 Å². The summed E-state index contributed by atoms with van der Waals surface area (Å²) >= 11 is 0. The molecular formula is C12H17NO5S. The molecule has 0 radical (unpaired) electrons. The Balaban J connectivity index is 2.71. The van der Waals surface area contributed by atoms with Crippen LogP contribution in [0.25, 0.3) is 0 Å². The number of sulfone groups is 1. The lowest BCUT2D eigenvalue weighted by molar-refractivity contribution is 0.0525. The minimum atomic E-state index is -3.15. The lowest BCUT2D eigenvalue weighted by atomic mass is 10.2. The van der Waals surface area contributed by atoms with E-state index >= 15 is 0 Å². The Labute approximate surface area is 112 Å². The minimum Gasteiger partial charge on any atom is -0.496 e. The third-order valence-electron chi connectivity index (χ3n) is 2.51. The SMILES string of the molecule is CCS(=O)(=O)CCOC(=O)c1cc(N)ccc1OC. The number of carbonyl (C=O) groups is 1. The van der Waals surface area contributed by atoms with E-state index in [1.54, 1.807) is 12.1 Å². The average molecular weight is 287 g/mol. The van der Waals surface area contributed by atoms with Gasteiger partial charge in [-0.15, -0.1) is 0 Å². The largest absolute Gasteiger partial charge is 0.496 e. The van der Waals surface area contributed by atoms with Gasteiger partial charge in [0.05, 0.1) is 12.9 Å². The van der Waals surface area contributed by atoms with Crippen LogP contribution in [0.15, 0.2) is 18.2 Å². The predicted octanol–water partition coefficient (Wildman–Crippen LogP) is 0.869. The lowest BCUT2D eigenvalue weighted by Gasteiger charge is -2.09. The molecule has 0 spiro atoms. The molecule has 19 heavy (non-hydrogen) atoms. The molecule has 0 bridgehead atoms. The molecule has 0 saturated carbocycles. The highest BCUT2D eigenvalue weighted by Gasteiger charge is 2.15. The predicted molar refractivity (Wildman–Crippen MR) is 72.0 cm³/mol. The number of hydrogen-bond acceptors (Lipinski definition) is 6. The van der Waals surface area contributed by atoms with Gasteiger partial charge in [-0.3, -0.25) is 0 Å². The Morgan fingerprint density at radius 1 is 1.37 bits per heavy atom. The molecular weight excluding hydrogens is 270 g/mol. The zero-order valence-electron chi connectivity index (χ0n) is 10.9. The highest BCUT2D eigenvalue weighted by molar-refractivity contribution is 7.91. The van der Waals surface area contributed by atoms with Gasteiger partial charge < -0.3 is 15.2 Å². The zero-order chi connectivity index (χ0) is 14.5. The van der Waals surface area contributed by atoms with E-state index in [9.17, 15) is 13.2 Å². The van der Waals surface area contributed by atoms with Crippen molar-refractivity contribution in [2.24, 2.45) is 0 Å². The van der Waals surface area contributed by atoms with E-state index in [1.165, 1.54) is 20.1 Å². The molecule has 106 valence electrons. The fourth-order valence-corrected chi connectivity index (χ4v) is 1.99. The molecule has 0 aliphatic rings. The molecule has 6 nitrogen and oxygen atoms in total. The Morgan fingerprint density at radius 3 is 2.63 bits per heavy atom. The van der Waals surface area contributed by atoms with Gasteiger partial charge in [-0.25, -0.2) is 13.2 Å². The van der Waals surface area contributed by atoms with Crippen LogP contribution in [0.2, 0.25) is 0 Å². The number of nitrogen functional groups attached to an aromatic ring is 1. The second kappa shape index (κ2) is 6.42. The molecule has 2 N–H and O–H groups in total. The maximum Gasteiger partial charge on any atom is 0.342 e. The Morgan fingerprint density at radius 2 is 2.05 bits per heavy atom. The topological polar surface area (TPSA) is 95.7 Å². The van der Waals surface area contributed by atoms with Crippen molar-refractivity contribution in [1.29, 1.82) is 0 Å². The average Bonchev–Trinajstić information content (AvgIpc) is 2.38. The maximum atomic E-state index is 11.8. The summed E-state index contributed by atoms with van der Waals surface area (Å²) in [6.07, 6.45) is 0. The molecule has 0 unspecified atom stereocenters. The number of methoxy groups -OCH3 is 1. The molecule has 0 amide bonds. The van der Waals surface area contributed by atoms with Gasteiger partial charge in [-0.2, -0.15) is 0 Å². The van der Waals surface area contributed by atoms with Crippen LogP contribution in [0.5, 0.6) is 5.75 Å². The first-order valence-corrected chi connectivity index (χ1v) is 7.53. The van der Waals surface area contributed by atoms with Crippen LogP contribution < -0.4 is 10.5 Å². The number of carbonyl (C=O) groups excluding carboxylic acids is 1. The number of nitrogens with two attached hydrogens (primary N) is 1. The highest BCUT2D eigenvalue weighted by Crippen LogP contribution is 2.21. The first-order valence-electron chi connectivity index (χ1n) is 5.70. The molecule has 1 aromatic rings. The molecule has 1 aromatic carbocycles. The van der Waals surface area contributed by atoms with Crippen molar-refractivity contribution in [1.82, 2.24) is 0 Å². The van der Waals surface area contributed by atoms with E-state index in [1.807, 2.05) is 0 Å². The standard InChI is InChI=1S/C12H17NO5S/c1-3-19(15,16)7-6-18-12(14)10-8-9(13)4-5-11(10)17-2/h4-5,8H,3,6-7,13H2,1-2H3. The third-order valence-corrected chi connectivity index (χ3v) is 4.18. The summed E-state index contributed by atoms with van der Waals surface area (Å²) in [6, 6.07) is 4.57. The Kier molecular flexibility index (Phi) is 5.17. The van der Waals surface area contributed by atoms with E-state index in [2.05, 4.69) is 0 Å². The molecule has 0 fully saturated rings. The van der Waals surface area contributed by atoms with Crippen molar-refractivity contribution in [3.8, 4) is 5.75 Å². The number of anilines is 1. The van der Waals surface area contributed by atoms with Crippen molar-refractivity contribution < 1.29 is 22.7 Å². The number of benzene rings is 1. The monoisotopic (exact) mass is 287 g/mol.